The second-order valence-corrected chi connectivity index (χ2v) is 12.9. The first kappa shape index (κ1) is 39.8. The van der Waals surface area contributed by atoms with Gasteiger partial charge in [0.2, 0.25) is 0 Å². The fraction of sp³-hybridized carbons (Fsp3) is 0.476. The Balaban J connectivity index is 0.000000294. The van der Waals surface area contributed by atoms with Gasteiger partial charge in [-0.15, -0.1) is 81.9 Å². The summed E-state index contributed by atoms with van der Waals surface area (Å²) in [4.78, 5) is 0. The van der Waals surface area contributed by atoms with Gasteiger partial charge in [-0.05, 0) is 12.8 Å². The SMILES string of the molecule is [Cl-].[Cl-].[Zr+4].c1ccc(-[c-]2ccc3c2CCCCCCCCCC3)cc1.c1ccc(-[c-]2ccc3c2CCCCCCCCCC3)cc1. The van der Waals surface area contributed by atoms with E-state index in [1.807, 2.05) is 0 Å². The third kappa shape index (κ3) is 12.6. The first-order chi connectivity index (χ1) is 20.9. The van der Waals surface area contributed by atoms with Crippen LogP contribution in [0.15, 0.2) is 84.9 Å². The van der Waals surface area contributed by atoms with Gasteiger partial charge in [0.1, 0.15) is 0 Å². The minimum absolute atomic E-state index is 0. The fourth-order valence-electron chi connectivity index (χ4n) is 7.31. The van der Waals surface area contributed by atoms with Crippen LogP contribution in [0.3, 0.4) is 0 Å². The number of halogens is 2. The molecular formula is C42H54Cl2Zr. The van der Waals surface area contributed by atoms with E-state index in [0.717, 1.165) is 0 Å². The van der Waals surface area contributed by atoms with E-state index in [2.05, 4.69) is 84.9 Å². The summed E-state index contributed by atoms with van der Waals surface area (Å²) in [5.74, 6) is 0. The molecule has 0 bridgehead atoms. The summed E-state index contributed by atoms with van der Waals surface area (Å²) >= 11 is 0. The second kappa shape index (κ2) is 23.0. The van der Waals surface area contributed by atoms with Gasteiger partial charge >= 0.3 is 26.2 Å². The summed E-state index contributed by atoms with van der Waals surface area (Å²) in [7, 11) is 0. The quantitative estimate of drug-likeness (QED) is 0.205. The molecular weight excluding hydrogens is 667 g/mol. The smallest absolute Gasteiger partial charge is 1.00 e. The molecule has 0 saturated carbocycles. The molecule has 3 heteroatoms. The van der Waals surface area contributed by atoms with Crippen LogP contribution >= 0.6 is 0 Å². The fourth-order valence-corrected chi connectivity index (χ4v) is 7.31. The van der Waals surface area contributed by atoms with E-state index in [-0.39, 0.29) is 51.0 Å². The largest absolute Gasteiger partial charge is 4.00 e. The Hall–Kier alpha value is -1.40. The van der Waals surface area contributed by atoms with Crippen molar-refractivity contribution in [2.75, 3.05) is 0 Å². The first-order valence-corrected chi connectivity index (χ1v) is 17.6. The van der Waals surface area contributed by atoms with Gasteiger partial charge in [0.15, 0.2) is 0 Å². The predicted molar refractivity (Wildman–Crippen MR) is 184 cm³/mol. The van der Waals surface area contributed by atoms with Gasteiger partial charge in [-0.25, -0.2) is 0 Å². The van der Waals surface area contributed by atoms with Crippen LogP contribution in [0.5, 0.6) is 0 Å². The zero-order valence-corrected chi connectivity index (χ0v) is 31.5. The molecule has 0 amide bonds. The van der Waals surface area contributed by atoms with Gasteiger partial charge in [-0.2, -0.15) is 0 Å². The number of rotatable bonds is 2. The summed E-state index contributed by atoms with van der Waals surface area (Å²) in [5, 5.41) is 0. The zero-order valence-electron chi connectivity index (χ0n) is 27.5. The second-order valence-electron chi connectivity index (χ2n) is 12.9. The van der Waals surface area contributed by atoms with Crippen molar-refractivity contribution in [2.24, 2.45) is 0 Å². The van der Waals surface area contributed by atoms with Crippen LogP contribution in [0, 0.1) is 0 Å². The number of fused-ring (bicyclic) bond motifs is 2. The Morgan fingerprint density at radius 2 is 0.622 bits per heavy atom. The molecule has 6 rings (SSSR count). The maximum atomic E-state index is 2.39. The topological polar surface area (TPSA) is 0 Å². The van der Waals surface area contributed by atoms with Crippen molar-refractivity contribution >= 4 is 0 Å². The molecule has 0 saturated heterocycles. The molecule has 2 aliphatic carbocycles. The van der Waals surface area contributed by atoms with Crippen LogP contribution in [-0.4, -0.2) is 0 Å². The maximum absolute atomic E-state index is 2.39. The Morgan fingerprint density at radius 1 is 0.333 bits per heavy atom. The Bertz CT molecular complexity index is 1190. The standard InChI is InChI=1S/2C21H27.2ClH.Zr/c2*1-2-4-6-11-15-20-19(14-8-5-3-1)16-17-21(20)18-12-9-7-10-13-18;;;/h2*7,9-10,12-13,16-17H,1-6,8,11,14-15H2;2*1H;/q2*-1;;;+4/p-2. The molecule has 0 heterocycles. The summed E-state index contributed by atoms with van der Waals surface area (Å²) in [6.07, 6.45) is 27.7. The monoisotopic (exact) mass is 718 g/mol. The van der Waals surface area contributed by atoms with Crippen molar-refractivity contribution in [3.8, 4) is 22.3 Å². The van der Waals surface area contributed by atoms with Crippen molar-refractivity contribution in [1.29, 1.82) is 0 Å². The molecule has 4 aromatic rings. The summed E-state index contributed by atoms with van der Waals surface area (Å²) in [5.41, 5.74) is 12.3. The molecule has 45 heavy (non-hydrogen) atoms. The summed E-state index contributed by atoms with van der Waals surface area (Å²) in [6.45, 7) is 0. The van der Waals surface area contributed by atoms with E-state index in [1.54, 1.807) is 22.3 Å². The molecule has 0 aromatic heterocycles. The third-order valence-corrected chi connectivity index (χ3v) is 9.74. The van der Waals surface area contributed by atoms with Gasteiger partial charge in [0.05, 0.1) is 0 Å². The summed E-state index contributed by atoms with van der Waals surface area (Å²) in [6, 6.07) is 31.4. The van der Waals surface area contributed by atoms with Crippen molar-refractivity contribution in [3.05, 3.63) is 107 Å². The third-order valence-electron chi connectivity index (χ3n) is 9.74. The van der Waals surface area contributed by atoms with Crippen LogP contribution in [0.1, 0.15) is 125 Å². The summed E-state index contributed by atoms with van der Waals surface area (Å²) < 4.78 is 0. The predicted octanol–water partition coefficient (Wildman–Crippen LogP) is 6.59. The minimum Gasteiger partial charge on any atom is -1.00 e. The Morgan fingerprint density at radius 3 is 0.956 bits per heavy atom. The van der Waals surface area contributed by atoms with Crippen molar-refractivity contribution in [3.63, 3.8) is 0 Å². The zero-order chi connectivity index (χ0) is 28.7. The first-order valence-electron chi connectivity index (χ1n) is 17.6. The maximum Gasteiger partial charge on any atom is 4.00 e. The number of hydrogen-bond donors (Lipinski definition) is 0. The molecule has 0 radical (unpaired) electrons. The molecule has 240 valence electrons. The van der Waals surface area contributed by atoms with E-state index in [4.69, 9.17) is 0 Å². The van der Waals surface area contributed by atoms with Crippen molar-refractivity contribution in [1.82, 2.24) is 0 Å². The molecule has 0 nitrogen and oxygen atoms in total. The van der Waals surface area contributed by atoms with Gasteiger partial charge in [-0.1, -0.05) is 163 Å². The Labute approximate surface area is 306 Å². The molecule has 0 spiro atoms. The van der Waals surface area contributed by atoms with Crippen LogP contribution < -0.4 is 24.8 Å². The van der Waals surface area contributed by atoms with Gasteiger partial charge in [0, 0.05) is 0 Å². The van der Waals surface area contributed by atoms with Crippen molar-refractivity contribution in [2.45, 2.75) is 128 Å². The molecule has 0 aliphatic heterocycles. The van der Waals surface area contributed by atoms with Crippen LogP contribution in [0.2, 0.25) is 0 Å². The molecule has 4 aromatic carbocycles. The van der Waals surface area contributed by atoms with Crippen LogP contribution in [-0.2, 0) is 51.9 Å². The molecule has 0 N–H and O–H groups in total. The molecule has 0 fully saturated rings. The van der Waals surface area contributed by atoms with Gasteiger partial charge in [-0.3, -0.25) is 0 Å². The average Bonchev–Trinajstić information content (AvgIpc) is 3.62. The number of benzene rings is 2. The van der Waals surface area contributed by atoms with E-state index in [9.17, 15) is 0 Å². The molecule has 0 atom stereocenters. The van der Waals surface area contributed by atoms with Gasteiger partial charge in [0.25, 0.3) is 0 Å². The number of aryl methyl sites for hydroxylation is 2. The normalized spacial score (nSPS) is 16.4. The minimum atomic E-state index is 0. The van der Waals surface area contributed by atoms with E-state index < -0.39 is 0 Å². The average molecular weight is 721 g/mol. The Kier molecular flexibility index (Phi) is 20.3. The molecule has 2 aliphatic rings. The number of hydrogen-bond acceptors (Lipinski definition) is 0. The van der Waals surface area contributed by atoms with E-state index in [0.29, 0.717) is 0 Å². The van der Waals surface area contributed by atoms with E-state index >= 15 is 0 Å². The van der Waals surface area contributed by atoms with Crippen LogP contribution in [0.25, 0.3) is 22.3 Å². The molecule has 0 unspecified atom stereocenters. The van der Waals surface area contributed by atoms with Crippen molar-refractivity contribution < 1.29 is 51.0 Å². The van der Waals surface area contributed by atoms with Crippen LogP contribution in [0.4, 0.5) is 0 Å². The van der Waals surface area contributed by atoms with E-state index in [1.165, 1.54) is 151 Å². The van der Waals surface area contributed by atoms with Gasteiger partial charge < -0.3 is 24.8 Å².